The highest BCUT2D eigenvalue weighted by molar-refractivity contribution is 6.03. The van der Waals surface area contributed by atoms with E-state index in [1.54, 1.807) is 12.4 Å². The minimum absolute atomic E-state index is 0.0653. The Labute approximate surface area is 143 Å². The summed E-state index contributed by atoms with van der Waals surface area (Å²) in [5.74, 6) is 0.455. The molecular weight excluding hydrogens is 304 g/mol. The van der Waals surface area contributed by atoms with Gasteiger partial charge in [-0.05, 0) is 51.3 Å². The lowest BCUT2D eigenvalue weighted by atomic mass is 9.97. The number of nitrogens with zero attached hydrogens (tertiary/aromatic N) is 3. The van der Waals surface area contributed by atoms with Crippen molar-refractivity contribution in [2.45, 2.75) is 45.3 Å². The van der Waals surface area contributed by atoms with Crippen molar-refractivity contribution in [1.29, 1.82) is 0 Å². The quantitative estimate of drug-likeness (QED) is 0.894. The smallest absolute Gasteiger partial charge is 0.264 e. The van der Waals surface area contributed by atoms with Crippen molar-refractivity contribution in [3.63, 3.8) is 0 Å². The minimum Gasteiger partial charge on any atom is -0.382 e. The highest BCUT2D eigenvalue weighted by Gasteiger charge is 2.30. The summed E-state index contributed by atoms with van der Waals surface area (Å²) in [7, 11) is 0. The SMILES string of the molecule is CC(C)N1CCC[C@@H](CNC(=O)[C@H]2CC(c3ccncc3)=NO2)C1. The molecule has 0 spiro atoms. The molecule has 1 fully saturated rings. The van der Waals surface area contributed by atoms with Crippen molar-refractivity contribution in [3.8, 4) is 0 Å². The van der Waals surface area contributed by atoms with Crippen LogP contribution in [-0.2, 0) is 9.63 Å². The number of carbonyl (C=O) groups is 1. The standard InChI is InChI=1S/C18H26N4O2/c1-13(2)22-9-3-4-14(12-22)11-20-18(23)17-10-16(21-24-17)15-5-7-19-8-6-15/h5-8,13-14,17H,3-4,9-12H2,1-2H3,(H,20,23)/t14-,17+/m0/s1. The Kier molecular flexibility index (Phi) is 5.45. The Morgan fingerprint density at radius 1 is 1.42 bits per heavy atom. The fourth-order valence-corrected chi connectivity index (χ4v) is 3.32. The van der Waals surface area contributed by atoms with E-state index in [1.165, 1.54) is 12.8 Å². The monoisotopic (exact) mass is 330 g/mol. The lowest BCUT2D eigenvalue weighted by Gasteiger charge is -2.35. The van der Waals surface area contributed by atoms with Crippen molar-refractivity contribution < 1.29 is 9.63 Å². The van der Waals surface area contributed by atoms with Crippen LogP contribution in [0.3, 0.4) is 0 Å². The number of aromatic nitrogens is 1. The van der Waals surface area contributed by atoms with Crippen LogP contribution in [0.5, 0.6) is 0 Å². The van der Waals surface area contributed by atoms with Crippen LogP contribution < -0.4 is 5.32 Å². The van der Waals surface area contributed by atoms with E-state index in [0.29, 0.717) is 24.9 Å². The van der Waals surface area contributed by atoms with Crippen molar-refractivity contribution in [2.24, 2.45) is 11.1 Å². The van der Waals surface area contributed by atoms with Crippen LogP contribution in [-0.4, -0.2) is 53.3 Å². The maximum atomic E-state index is 12.3. The highest BCUT2D eigenvalue weighted by atomic mass is 16.6. The third-order valence-electron chi connectivity index (χ3n) is 4.82. The number of piperidine rings is 1. The molecule has 1 aromatic heterocycles. The van der Waals surface area contributed by atoms with Gasteiger partial charge in [0.1, 0.15) is 0 Å². The van der Waals surface area contributed by atoms with Crippen LogP contribution in [0.1, 0.15) is 38.7 Å². The molecule has 1 saturated heterocycles. The van der Waals surface area contributed by atoms with E-state index in [9.17, 15) is 4.79 Å². The number of likely N-dealkylation sites (tertiary alicyclic amines) is 1. The van der Waals surface area contributed by atoms with Gasteiger partial charge in [0, 0.05) is 43.5 Å². The van der Waals surface area contributed by atoms with Crippen molar-refractivity contribution >= 4 is 11.6 Å². The summed E-state index contributed by atoms with van der Waals surface area (Å²) < 4.78 is 0. The van der Waals surface area contributed by atoms with Crippen LogP contribution in [0.15, 0.2) is 29.7 Å². The van der Waals surface area contributed by atoms with Gasteiger partial charge in [-0.15, -0.1) is 0 Å². The number of rotatable bonds is 5. The molecule has 1 N–H and O–H groups in total. The number of pyridine rings is 1. The second-order valence-electron chi connectivity index (χ2n) is 6.91. The second kappa shape index (κ2) is 7.75. The Morgan fingerprint density at radius 3 is 2.96 bits per heavy atom. The summed E-state index contributed by atoms with van der Waals surface area (Å²) in [5.41, 5.74) is 1.77. The molecule has 0 unspecified atom stereocenters. The van der Waals surface area contributed by atoms with Crippen LogP contribution in [0.25, 0.3) is 0 Å². The maximum absolute atomic E-state index is 12.3. The topological polar surface area (TPSA) is 66.8 Å². The molecular formula is C18H26N4O2. The molecule has 2 atom stereocenters. The normalized spacial score (nSPS) is 24.5. The van der Waals surface area contributed by atoms with E-state index < -0.39 is 6.10 Å². The van der Waals surface area contributed by atoms with Crippen LogP contribution in [0.2, 0.25) is 0 Å². The molecule has 0 saturated carbocycles. The molecule has 130 valence electrons. The lowest BCUT2D eigenvalue weighted by molar-refractivity contribution is -0.131. The van der Waals surface area contributed by atoms with Gasteiger partial charge in [-0.2, -0.15) is 0 Å². The zero-order valence-corrected chi connectivity index (χ0v) is 14.4. The Balaban J connectivity index is 1.45. The first-order valence-corrected chi connectivity index (χ1v) is 8.78. The summed E-state index contributed by atoms with van der Waals surface area (Å²) >= 11 is 0. The summed E-state index contributed by atoms with van der Waals surface area (Å²) in [6.07, 6.45) is 5.81. The van der Waals surface area contributed by atoms with E-state index in [4.69, 9.17) is 4.84 Å². The Morgan fingerprint density at radius 2 is 2.21 bits per heavy atom. The molecule has 0 radical (unpaired) electrons. The van der Waals surface area contributed by atoms with Gasteiger partial charge in [0.25, 0.3) is 5.91 Å². The molecule has 1 amide bonds. The largest absolute Gasteiger partial charge is 0.382 e. The van der Waals surface area contributed by atoms with Gasteiger partial charge in [0.05, 0.1) is 5.71 Å². The average Bonchev–Trinajstić information content (AvgIpc) is 3.11. The predicted octanol–water partition coefficient (Wildman–Crippen LogP) is 1.81. The van der Waals surface area contributed by atoms with E-state index >= 15 is 0 Å². The molecule has 2 aliphatic rings. The van der Waals surface area contributed by atoms with Gasteiger partial charge in [-0.3, -0.25) is 9.78 Å². The number of carbonyl (C=O) groups excluding carboxylic acids is 1. The average molecular weight is 330 g/mol. The third-order valence-corrected chi connectivity index (χ3v) is 4.82. The first-order valence-electron chi connectivity index (χ1n) is 8.78. The van der Waals surface area contributed by atoms with Gasteiger partial charge in [0.15, 0.2) is 0 Å². The molecule has 0 aliphatic carbocycles. The van der Waals surface area contributed by atoms with Crippen molar-refractivity contribution in [1.82, 2.24) is 15.2 Å². The molecule has 0 bridgehead atoms. The molecule has 3 heterocycles. The van der Waals surface area contributed by atoms with Gasteiger partial charge in [-0.25, -0.2) is 0 Å². The Hall–Kier alpha value is -1.95. The fraction of sp³-hybridized carbons (Fsp3) is 0.611. The van der Waals surface area contributed by atoms with Crippen molar-refractivity contribution in [3.05, 3.63) is 30.1 Å². The number of nitrogens with one attached hydrogen (secondary N) is 1. The Bertz CT molecular complexity index is 588. The number of amides is 1. The van der Waals surface area contributed by atoms with Crippen LogP contribution >= 0.6 is 0 Å². The second-order valence-corrected chi connectivity index (χ2v) is 6.91. The zero-order chi connectivity index (χ0) is 16.9. The number of oxime groups is 1. The van der Waals surface area contributed by atoms with Gasteiger partial charge >= 0.3 is 0 Å². The first kappa shape index (κ1) is 16.9. The van der Waals surface area contributed by atoms with Gasteiger partial charge in [0.2, 0.25) is 6.10 Å². The summed E-state index contributed by atoms with van der Waals surface area (Å²) in [5, 5.41) is 7.11. The van der Waals surface area contributed by atoms with Gasteiger partial charge in [-0.1, -0.05) is 5.16 Å². The predicted molar refractivity (Wildman–Crippen MR) is 92.7 cm³/mol. The summed E-state index contributed by atoms with van der Waals surface area (Å²) in [6, 6.07) is 4.33. The molecule has 6 nitrogen and oxygen atoms in total. The van der Waals surface area contributed by atoms with E-state index in [-0.39, 0.29) is 5.91 Å². The van der Waals surface area contributed by atoms with E-state index in [1.807, 2.05) is 12.1 Å². The molecule has 24 heavy (non-hydrogen) atoms. The van der Waals surface area contributed by atoms with E-state index in [2.05, 4.69) is 34.2 Å². The number of hydrogen-bond acceptors (Lipinski definition) is 5. The molecule has 6 heteroatoms. The third kappa shape index (κ3) is 4.12. The highest BCUT2D eigenvalue weighted by Crippen LogP contribution is 2.19. The molecule has 2 aliphatic heterocycles. The van der Waals surface area contributed by atoms with Crippen molar-refractivity contribution in [2.75, 3.05) is 19.6 Å². The number of hydrogen-bond donors (Lipinski definition) is 1. The summed E-state index contributed by atoms with van der Waals surface area (Å²) in [4.78, 5) is 24.1. The van der Waals surface area contributed by atoms with Gasteiger partial charge < -0.3 is 15.1 Å². The molecule has 1 aromatic rings. The molecule has 3 rings (SSSR count). The lowest BCUT2D eigenvalue weighted by Crippen LogP contribution is -2.45. The maximum Gasteiger partial charge on any atom is 0.264 e. The zero-order valence-electron chi connectivity index (χ0n) is 14.4. The van der Waals surface area contributed by atoms with Crippen LogP contribution in [0.4, 0.5) is 0 Å². The van der Waals surface area contributed by atoms with E-state index in [0.717, 1.165) is 24.4 Å². The first-order chi connectivity index (χ1) is 11.6. The minimum atomic E-state index is -0.516. The summed E-state index contributed by atoms with van der Waals surface area (Å²) in [6.45, 7) is 7.39. The molecule has 0 aromatic carbocycles. The van der Waals surface area contributed by atoms with Crippen LogP contribution in [0, 0.1) is 5.92 Å². The fourth-order valence-electron chi connectivity index (χ4n) is 3.32.